The highest BCUT2D eigenvalue weighted by Crippen LogP contribution is 2.37. The van der Waals surface area contributed by atoms with Crippen molar-refractivity contribution in [2.24, 2.45) is 11.8 Å². The molecule has 3 atom stereocenters. The van der Waals surface area contributed by atoms with Crippen molar-refractivity contribution in [3.63, 3.8) is 0 Å². The molecule has 1 aromatic carbocycles. The second-order valence-corrected chi connectivity index (χ2v) is 8.70. The Morgan fingerprint density at radius 1 is 1.07 bits per heavy atom. The molecular weight excluding hydrogens is 372 g/mol. The molecule has 1 heterocycles. The van der Waals surface area contributed by atoms with Gasteiger partial charge < -0.3 is 10.1 Å². The van der Waals surface area contributed by atoms with Crippen LogP contribution in [-0.2, 0) is 23.9 Å². The second kappa shape index (κ2) is 8.35. The molecule has 0 bridgehead atoms. The molecular formula is C22H28N2O5. The van der Waals surface area contributed by atoms with Gasteiger partial charge in [-0.05, 0) is 39.2 Å². The normalized spacial score (nSPS) is 22.8. The average molecular weight is 400 g/mol. The summed E-state index contributed by atoms with van der Waals surface area (Å²) in [4.78, 5) is 51.6. The fourth-order valence-electron chi connectivity index (χ4n) is 4.02. The number of nitrogens with zero attached hydrogens (tertiary/aromatic N) is 1. The first-order chi connectivity index (χ1) is 13.7. The zero-order valence-electron chi connectivity index (χ0n) is 17.1. The number of carbonyl (C=O) groups is 4. The van der Waals surface area contributed by atoms with Gasteiger partial charge in [-0.25, -0.2) is 4.79 Å². The van der Waals surface area contributed by atoms with E-state index in [-0.39, 0.29) is 30.2 Å². The number of esters is 1. The van der Waals surface area contributed by atoms with Crippen molar-refractivity contribution >= 4 is 23.7 Å². The number of imide groups is 1. The largest absolute Gasteiger partial charge is 0.458 e. The molecule has 7 heteroatoms. The molecule has 1 saturated heterocycles. The standard InChI is InChI=1S/C22H28N2O5/c1-22(2,3)29-21(28)18(14-9-5-4-6-10-14)23-17(25)13-24-19(26)15-11-7-8-12-16(15)20(24)27/h4-6,9-10,15-16,18H,7-8,11-13H2,1-3H3,(H,23,25)/t15-,16-,18+/m1/s1. The number of rotatable bonds is 5. The average Bonchev–Trinajstić information content (AvgIpc) is 2.90. The van der Waals surface area contributed by atoms with Crippen LogP contribution in [0.15, 0.2) is 30.3 Å². The van der Waals surface area contributed by atoms with E-state index < -0.39 is 23.5 Å². The Morgan fingerprint density at radius 3 is 2.14 bits per heavy atom. The number of amides is 3. The molecule has 1 aliphatic carbocycles. The van der Waals surface area contributed by atoms with Crippen molar-refractivity contribution in [3.05, 3.63) is 35.9 Å². The van der Waals surface area contributed by atoms with E-state index in [0.717, 1.165) is 17.7 Å². The summed E-state index contributed by atoms with van der Waals surface area (Å²) in [5, 5.41) is 2.65. The summed E-state index contributed by atoms with van der Waals surface area (Å²) >= 11 is 0. The van der Waals surface area contributed by atoms with Gasteiger partial charge in [0.2, 0.25) is 17.7 Å². The van der Waals surface area contributed by atoms with Gasteiger partial charge in [0, 0.05) is 0 Å². The molecule has 1 saturated carbocycles. The van der Waals surface area contributed by atoms with Crippen molar-refractivity contribution in [1.82, 2.24) is 10.2 Å². The summed E-state index contributed by atoms with van der Waals surface area (Å²) in [5.74, 6) is -2.32. The molecule has 1 N–H and O–H groups in total. The Labute approximate surface area is 170 Å². The number of hydrogen-bond acceptors (Lipinski definition) is 5. The van der Waals surface area contributed by atoms with Crippen molar-refractivity contribution in [1.29, 1.82) is 0 Å². The Balaban J connectivity index is 1.72. The van der Waals surface area contributed by atoms with Gasteiger partial charge in [-0.2, -0.15) is 0 Å². The molecule has 1 aromatic rings. The third-order valence-corrected chi connectivity index (χ3v) is 5.31. The summed E-state index contributed by atoms with van der Waals surface area (Å²) in [5.41, 5.74) is -0.145. The van der Waals surface area contributed by atoms with Crippen molar-refractivity contribution < 1.29 is 23.9 Å². The zero-order chi connectivity index (χ0) is 21.2. The lowest BCUT2D eigenvalue weighted by Crippen LogP contribution is -2.44. The van der Waals surface area contributed by atoms with E-state index in [9.17, 15) is 19.2 Å². The van der Waals surface area contributed by atoms with Gasteiger partial charge in [-0.3, -0.25) is 19.3 Å². The van der Waals surface area contributed by atoms with Crippen LogP contribution in [0.2, 0.25) is 0 Å². The van der Waals surface area contributed by atoms with Crippen molar-refractivity contribution in [2.45, 2.75) is 58.1 Å². The predicted molar refractivity (Wildman–Crippen MR) is 105 cm³/mol. The Kier molecular flexibility index (Phi) is 6.05. The first-order valence-electron chi connectivity index (χ1n) is 10.1. The number of ether oxygens (including phenoxy) is 1. The molecule has 0 spiro atoms. The Bertz CT molecular complexity index is 775. The van der Waals surface area contributed by atoms with E-state index in [4.69, 9.17) is 4.74 Å². The fourth-order valence-corrected chi connectivity index (χ4v) is 4.02. The minimum absolute atomic E-state index is 0.275. The van der Waals surface area contributed by atoms with Crippen LogP contribution in [0.3, 0.4) is 0 Å². The first kappa shape index (κ1) is 21.0. The van der Waals surface area contributed by atoms with E-state index >= 15 is 0 Å². The minimum Gasteiger partial charge on any atom is -0.458 e. The predicted octanol–water partition coefficient (Wildman–Crippen LogP) is 2.36. The summed E-state index contributed by atoms with van der Waals surface area (Å²) in [6.45, 7) is 4.87. The molecule has 0 radical (unpaired) electrons. The van der Waals surface area contributed by atoms with Gasteiger partial charge in [0.05, 0.1) is 11.8 Å². The molecule has 3 rings (SSSR count). The van der Waals surface area contributed by atoms with Crippen LogP contribution in [0.5, 0.6) is 0 Å². The molecule has 0 aromatic heterocycles. The number of likely N-dealkylation sites (tertiary alicyclic amines) is 1. The van der Waals surface area contributed by atoms with E-state index in [1.807, 2.05) is 0 Å². The highest BCUT2D eigenvalue weighted by atomic mass is 16.6. The third kappa shape index (κ3) is 4.83. The van der Waals surface area contributed by atoms with Crippen molar-refractivity contribution in [3.8, 4) is 0 Å². The van der Waals surface area contributed by atoms with Crippen LogP contribution >= 0.6 is 0 Å². The molecule has 2 aliphatic rings. The maximum atomic E-state index is 12.7. The third-order valence-electron chi connectivity index (χ3n) is 5.31. The highest BCUT2D eigenvalue weighted by Gasteiger charge is 2.48. The van der Waals surface area contributed by atoms with Gasteiger partial charge in [-0.15, -0.1) is 0 Å². The molecule has 29 heavy (non-hydrogen) atoms. The van der Waals surface area contributed by atoms with E-state index in [2.05, 4.69) is 5.32 Å². The van der Waals surface area contributed by atoms with Crippen LogP contribution in [0.4, 0.5) is 0 Å². The fraction of sp³-hybridized carbons (Fsp3) is 0.545. The van der Waals surface area contributed by atoms with Gasteiger partial charge >= 0.3 is 5.97 Å². The van der Waals surface area contributed by atoms with Gasteiger partial charge in [0.25, 0.3) is 0 Å². The van der Waals surface area contributed by atoms with Gasteiger partial charge in [0.15, 0.2) is 6.04 Å². The SMILES string of the molecule is CC(C)(C)OC(=O)[C@@H](NC(=O)CN1C(=O)[C@@H]2CCCC[C@H]2C1=O)c1ccccc1. The minimum atomic E-state index is -1.02. The number of hydrogen-bond donors (Lipinski definition) is 1. The Morgan fingerprint density at radius 2 is 1.62 bits per heavy atom. The molecule has 1 aliphatic heterocycles. The summed E-state index contributed by atoms with van der Waals surface area (Å²) in [7, 11) is 0. The lowest BCUT2D eigenvalue weighted by molar-refractivity contribution is -0.159. The molecule has 2 fully saturated rings. The van der Waals surface area contributed by atoms with Crippen LogP contribution in [0.1, 0.15) is 58.1 Å². The Hall–Kier alpha value is -2.70. The van der Waals surface area contributed by atoms with Crippen molar-refractivity contribution in [2.75, 3.05) is 6.54 Å². The zero-order valence-corrected chi connectivity index (χ0v) is 17.1. The topological polar surface area (TPSA) is 92.8 Å². The second-order valence-electron chi connectivity index (χ2n) is 8.70. The van der Waals surface area contributed by atoms with E-state index in [1.54, 1.807) is 51.1 Å². The highest BCUT2D eigenvalue weighted by molar-refractivity contribution is 6.07. The van der Waals surface area contributed by atoms with Gasteiger partial charge in [0.1, 0.15) is 12.1 Å². The summed E-state index contributed by atoms with van der Waals surface area (Å²) in [6.07, 6.45) is 3.24. The van der Waals surface area contributed by atoms with Crippen LogP contribution in [-0.4, -0.2) is 40.7 Å². The lowest BCUT2D eigenvalue weighted by atomic mass is 9.81. The number of fused-ring (bicyclic) bond motifs is 1. The molecule has 3 amide bonds. The smallest absolute Gasteiger partial charge is 0.333 e. The quantitative estimate of drug-likeness (QED) is 0.605. The monoisotopic (exact) mass is 400 g/mol. The number of carbonyl (C=O) groups excluding carboxylic acids is 4. The maximum absolute atomic E-state index is 12.7. The molecule has 7 nitrogen and oxygen atoms in total. The van der Waals surface area contributed by atoms with E-state index in [1.165, 1.54) is 0 Å². The van der Waals surface area contributed by atoms with Crippen LogP contribution in [0, 0.1) is 11.8 Å². The lowest BCUT2D eigenvalue weighted by Gasteiger charge is -2.25. The van der Waals surface area contributed by atoms with Crippen LogP contribution < -0.4 is 5.32 Å². The molecule has 156 valence electrons. The summed E-state index contributed by atoms with van der Waals surface area (Å²) in [6, 6.07) is 7.75. The first-order valence-corrected chi connectivity index (χ1v) is 10.1. The van der Waals surface area contributed by atoms with E-state index in [0.29, 0.717) is 18.4 Å². The van der Waals surface area contributed by atoms with Gasteiger partial charge in [-0.1, -0.05) is 43.2 Å². The van der Waals surface area contributed by atoms with Crippen LogP contribution in [0.25, 0.3) is 0 Å². The summed E-state index contributed by atoms with van der Waals surface area (Å²) < 4.78 is 5.44. The maximum Gasteiger partial charge on any atom is 0.333 e. The number of nitrogens with one attached hydrogen (secondary N) is 1. The number of benzene rings is 1. The molecule has 0 unspecified atom stereocenters.